The first kappa shape index (κ1) is 17.8. The van der Waals surface area contributed by atoms with Gasteiger partial charge in [-0.05, 0) is 46.3 Å². The van der Waals surface area contributed by atoms with Gasteiger partial charge in [0.1, 0.15) is 5.75 Å². The summed E-state index contributed by atoms with van der Waals surface area (Å²) in [4.78, 5) is 26.5. The van der Waals surface area contributed by atoms with E-state index in [2.05, 4.69) is 21.2 Å². The van der Waals surface area contributed by atoms with Crippen LogP contribution in [0.1, 0.15) is 6.42 Å². The van der Waals surface area contributed by atoms with Crippen LogP contribution in [-0.2, 0) is 9.59 Å². The third kappa shape index (κ3) is 3.80. The van der Waals surface area contributed by atoms with Gasteiger partial charge in [-0.3, -0.25) is 9.59 Å². The molecule has 0 bridgehead atoms. The lowest BCUT2D eigenvalue weighted by atomic mass is 10.1. The monoisotopic (exact) mass is 422 g/mol. The van der Waals surface area contributed by atoms with Crippen LogP contribution in [0.15, 0.2) is 46.9 Å². The molecule has 0 aliphatic carbocycles. The molecule has 25 heavy (non-hydrogen) atoms. The van der Waals surface area contributed by atoms with Crippen LogP contribution in [-0.4, -0.2) is 25.5 Å². The van der Waals surface area contributed by atoms with E-state index in [1.807, 2.05) is 18.2 Å². The Morgan fingerprint density at radius 2 is 2.08 bits per heavy atom. The van der Waals surface area contributed by atoms with Crippen molar-refractivity contribution in [2.75, 3.05) is 23.9 Å². The smallest absolute Gasteiger partial charge is 0.229 e. The lowest BCUT2D eigenvalue weighted by molar-refractivity contribution is -0.122. The number of anilines is 2. The largest absolute Gasteiger partial charge is 0.495 e. The van der Waals surface area contributed by atoms with E-state index < -0.39 is 5.92 Å². The van der Waals surface area contributed by atoms with Crippen LogP contribution < -0.4 is 15.0 Å². The van der Waals surface area contributed by atoms with Crippen molar-refractivity contribution in [3.8, 4) is 5.75 Å². The highest BCUT2D eigenvalue weighted by atomic mass is 79.9. The lowest BCUT2D eigenvalue weighted by Gasteiger charge is -2.20. The molecule has 7 heteroatoms. The highest BCUT2D eigenvalue weighted by molar-refractivity contribution is 9.10. The zero-order valence-electron chi connectivity index (χ0n) is 13.5. The average Bonchev–Trinajstić information content (AvgIpc) is 2.98. The van der Waals surface area contributed by atoms with Gasteiger partial charge in [0.15, 0.2) is 0 Å². The average molecular weight is 424 g/mol. The second-order valence-electron chi connectivity index (χ2n) is 5.69. The number of para-hydroxylation sites is 1. The molecule has 130 valence electrons. The summed E-state index contributed by atoms with van der Waals surface area (Å²) in [5.74, 6) is -0.218. The van der Waals surface area contributed by atoms with Crippen LogP contribution in [0.5, 0.6) is 5.75 Å². The van der Waals surface area contributed by atoms with Gasteiger partial charge >= 0.3 is 0 Å². The zero-order valence-corrected chi connectivity index (χ0v) is 15.8. The van der Waals surface area contributed by atoms with E-state index in [-0.39, 0.29) is 24.8 Å². The minimum atomic E-state index is -0.441. The van der Waals surface area contributed by atoms with Gasteiger partial charge in [0.25, 0.3) is 0 Å². The molecule has 5 nitrogen and oxygen atoms in total. The molecular formula is C18H16BrClN2O3. The third-order valence-corrected chi connectivity index (χ3v) is 4.99. The van der Waals surface area contributed by atoms with Crippen LogP contribution >= 0.6 is 27.5 Å². The van der Waals surface area contributed by atoms with Gasteiger partial charge in [0.2, 0.25) is 11.8 Å². The van der Waals surface area contributed by atoms with Gasteiger partial charge in [-0.15, -0.1) is 0 Å². The van der Waals surface area contributed by atoms with Crippen molar-refractivity contribution in [2.45, 2.75) is 6.42 Å². The molecule has 0 spiro atoms. The fourth-order valence-corrected chi connectivity index (χ4v) is 3.34. The van der Waals surface area contributed by atoms with Crippen molar-refractivity contribution in [1.82, 2.24) is 0 Å². The molecule has 1 aliphatic heterocycles. The Morgan fingerprint density at radius 1 is 1.32 bits per heavy atom. The van der Waals surface area contributed by atoms with Crippen molar-refractivity contribution in [3.05, 3.63) is 52.0 Å². The molecule has 0 aromatic heterocycles. The maximum atomic E-state index is 12.5. The topological polar surface area (TPSA) is 58.6 Å². The minimum absolute atomic E-state index is 0.132. The Balaban J connectivity index is 1.78. The van der Waals surface area contributed by atoms with Crippen molar-refractivity contribution in [2.24, 2.45) is 5.92 Å². The van der Waals surface area contributed by atoms with Crippen molar-refractivity contribution < 1.29 is 14.3 Å². The van der Waals surface area contributed by atoms with E-state index in [1.165, 1.54) is 7.11 Å². The molecular weight excluding hydrogens is 408 g/mol. The number of hydrogen-bond acceptors (Lipinski definition) is 3. The SMILES string of the molecule is COc1ccc(Cl)cc1N1CC(C(=O)Nc2ccccc2Br)CC1=O. The summed E-state index contributed by atoms with van der Waals surface area (Å²) in [5, 5.41) is 3.37. The molecule has 1 aliphatic rings. The number of halogens is 2. The molecule has 0 radical (unpaired) electrons. The number of carbonyl (C=O) groups excluding carboxylic acids is 2. The lowest BCUT2D eigenvalue weighted by Crippen LogP contribution is -2.28. The van der Waals surface area contributed by atoms with Gasteiger partial charge in [-0.25, -0.2) is 0 Å². The Bertz CT molecular complexity index is 828. The fraction of sp³-hybridized carbons (Fsp3) is 0.222. The Labute approximate surface area is 159 Å². The first-order chi connectivity index (χ1) is 12.0. The molecule has 1 saturated heterocycles. The summed E-state index contributed by atoms with van der Waals surface area (Å²) in [6, 6.07) is 12.4. The van der Waals surface area contributed by atoms with Gasteiger partial charge in [-0.2, -0.15) is 0 Å². The number of rotatable bonds is 4. The standard InChI is InChI=1S/C18H16BrClN2O3/c1-25-16-7-6-12(20)9-15(16)22-10-11(8-17(22)23)18(24)21-14-5-3-2-4-13(14)19/h2-7,9,11H,8,10H2,1H3,(H,21,24). The molecule has 2 amide bonds. The summed E-state index contributed by atoms with van der Waals surface area (Å²) >= 11 is 9.44. The quantitative estimate of drug-likeness (QED) is 0.805. The second kappa shape index (κ2) is 7.45. The summed E-state index contributed by atoms with van der Waals surface area (Å²) in [7, 11) is 1.53. The molecule has 0 saturated carbocycles. The Morgan fingerprint density at radius 3 is 2.80 bits per heavy atom. The van der Waals surface area contributed by atoms with Crippen LogP contribution in [0.25, 0.3) is 0 Å². The maximum Gasteiger partial charge on any atom is 0.229 e. The number of hydrogen-bond donors (Lipinski definition) is 1. The van der Waals surface area contributed by atoms with E-state index in [9.17, 15) is 9.59 Å². The van der Waals surface area contributed by atoms with Gasteiger partial charge in [0.05, 0.1) is 24.4 Å². The second-order valence-corrected chi connectivity index (χ2v) is 6.98. The van der Waals surface area contributed by atoms with E-state index in [4.69, 9.17) is 16.3 Å². The van der Waals surface area contributed by atoms with Crippen molar-refractivity contribution in [3.63, 3.8) is 0 Å². The predicted molar refractivity (Wildman–Crippen MR) is 101 cm³/mol. The normalized spacial score (nSPS) is 16.8. The first-order valence-electron chi connectivity index (χ1n) is 7.69. The Hall–Kier alpha value is -2.05. The molecule has 3 rings (SSSR count). The van der Waals surface area contributed by atoms with Gasteiger partial charge in [0, 0.05) is 22.5 Å². The number of nitrogens with zero attached hydrogens (tertiary/aromatic N) is 1. The molecule has 1 atom stereocenters. The van der Waals surface area contributed by atoms with Gasteiger partial charge < -0.3 is 15.0 Å². The van der Waals surface area contributed by atoms with E-state index in [0.29, 0.717) is 22.1 Å². The van der Waals surface area contributed by atoms with Gasteiger partial charge in [-0.1, -0.05) is 23.7 Å². The summed E-state index contributed by atoms with van der Waals surface area (Å²) in [6.45, 7) is 0.284. The fourth-order valence-electron chi connectivity index (χ4n) is 2.79. The summed E-state index contributed by atoms with van der Waals surface area (Å²) in [5.41, 5.74) is 1.26. The van der Waals surface area contributed by atoms with Crippen LogP contribution in [0, 0.1) is 5.92 Å². The van der Waals surface area contributed by atoms with Crippen LogP contribution in [0.4, 0.5) is 11.4 Å². The maximum absolute atomic E-state index is 12.5. The Kier molecular flexibility index (Phi) is 5.30. The summed E-state index contributed by atoms with van der Waals surface area (Å²) in [6.07, 6.45) is 0.145. The number of amides is 2. The van der Waals surface area contributed by atoms with E-state index >= 15 is 0 Å². The number of carbonyl (C=O) groups is 2. The summed E-state index contributed by atoms with van der Waals surface area (Å²) < 4.78 is 6.10. The number of nitrogens with one attached hydrogen (secondary N) is 1. The molecule has 1 unspecified atom stereocenters. The predicted octanol–water partition coefficient (Wildman–Crippen LogP) is 4.10. The van der Waals surface area contributed by atoms with Crippen molar-refractivity contribution in [1.29, 1.82) is 0 Å². The zero-order chi connectivity index (χ0) is 18.0. The number of ether oxygens (including phenoxy) is 1. The molecule has 2 aromatic rings. The first-order valence-corrected chi connectivity index (χ1v) is 8.86. The third-order valence-electron chi connectivity index (χ3n) is 4.06. The number of methoxy groups -OCH3 is 1. The van der Waals surface area contributed by atoms with Crippen LogP contribution in [0.3, 0.4) is 0 Å². The van der Waals surface area contributed by atoms with Crippen LogP contribution in [0.2, 0.25) is 5.02 Å². The van der Waals surface area contributed by atoms with E-state index in [1.54, 1.807) is 29.2 Å². The highest BCUT2D eigenvalue weighted by Gasteiger charge is 2.36. The molecule has 1 N–H and O–H groups in total. The highest BCUT2D eigenvalue weighted by Crippen LogP contribution is 2.35. The number of benzene rings is 2. The minimum Gasteiger partial charge on any atom is -0.495 e. The molecule has 1 heterocycles. The van der Waals surface area contributed by atoms with E-state index in [0.717, 1.165) is 4.47 Å². The molecule has 1 fully saturated rings. The van der Waals surface area contributed by atoms with Crippen molar-refractivity contribution >= 4 is 50.7 Å². The molecule has 2 aromatic carbocycles.